The Morgan fingerprint density at radius 2 is 1.10 bits per heavy atom. The lowest BCUT2D eigenvalue weighted by atomic mass is 10.1. The monoisotopic (exact) mass is 311 g/mol. The molecule has 0 spiro atoms. The molecule has 0 aromatic heterocycles. The van der Waals surface area contributed by atoms with Crippen molar-refractivity contribution in [2.75, 3.05) is 27.2 Å². The van der Waals surface area contributed by atoms with Gasteiger partial charge in [0.25, 0.3) is 0 Å². The fraction of sp³-hybridized carbons (Fsp3) is 1.00. The summed E-state index contributed by atoms with van der Waals surface area (Å²) >= 11 is 0. The predicted octanol–water partition coefficient (Wildman–Crippen LogP) is 1.62. The lowest BCUT2D eigenvalue weighted by Crippen LogP contribution is -2.41. The van der Waals surface area contributed by atoms with Crippen LogP contribution in [0.2, 0.25) is 0 Å². The number of nitrogens with zero attached hydrogens (tertiary/aromatic N) is 1. The topological polar surface area (TPSA) is 86.2 Å². The highest BCUT2D eigenvalue weighted by molar-refractivity contribution is 7.40. The van der Waals surface area contributed by atoms with E-state index in [-0.39, 0.29) is 2.85 Å². The van der Waals surface area contributed by atoms with Crippen molar-refractivity contribution in [2.24, 2.45) is 0 Å². The first-order chi connectivity index (χ1) is 9.12. The van der Waals surface area contributed by atoms with Crippen LogP contribution in [0.25, 0.3) is 0 Å². The van der Waals surface area contributed by atoms with E-state index in [0.717, 1.165) is 0 Å². The summed E-state index contributed by atoms with van der Waals surface area (Å²) in [5.74, 6) is 0. The minimum Gasteiger partial charge on any atom is -0.822 e. The first-order valence-corrected chi connectivity index (χ1v) is 9.13. The molecular weight excluding hydrogens is 277 g/mol. The van der Waals surface area contributed by atoms with Gasteiger partial charge in [0, 0.05) is 0 Å². The molecule has 0 saturated carbocycles. The van der Waals surface area contributed by atoms with Gasteiger partial charge in [0.05, 0.1) is 27.2 Å². The van der Waals surface area contributed by atoms with Crippen LogP contribution in [0.3, 0.4) is 0 Å². The summed E-state index contributed by atoms with van der Waals surface area (Å²) in [6.45, 7) is 7.30. The maximum absolute atomic E-state index is 8.55. The zero-order valence-corrected chi connectivity index (χ0v) is 14.5. The van der Waals surface area contributed by atoms with Crippen LogP contribution in [-0.2, 0) is 4.57 Å². The van der Waals surface area contributed by atoms with Gasteiger partial charge in [-0.15, -0.1) is 0 Å². The molecule has 20 heavy (non-hydrogen) atoms. The summed E-state index contributed by atoms with van der Waals surface area (Å²) in [7, 11) is -0.620. The lowest BCUT2D eigenvalue weighted by Gasteiger charge is -2.36. The largest absolute Gasteiger partial charge is 1.00 e. The van der Waals surface area contributed by atoms with Crippen molar-refractivity contribution in [3.63, 3.8) is 0 Å². The zero-order chi connectivity index (χ0) is 16.1. The van der Waals surface area contributed by atoms with Gasteiger partial charge in [0.2, 0.25) is 0 Å². The highest BCUT2D eigenvalue weighted by atomic mass is 31.2. The third-order valence-corrected chi connectivity index (χ3v) is 3.23. The standard InChI is InChI=1S/C14H32N.H3O4P/c1-5-7-9-10-12-14-15(3,4)13-11-8-6-2;1-5(2,3)4/h5-14H2,1-4H3;(H3,1,2,3,4)/q+1;/p-1. The Morgan fingerprint density at radius 3 is 1.50 bits per heavy atom. The van der Waals surface area contributed by atoms with E-state index in [2.05, 4.69) is 27.9 Å². The van der Waals surface area contributed by atoms with Crippen molar-refractivity contribution in [1.29, 1.82) is 0 Å². The van der Waals surface area contributed by atoms with E-state index in [1.54, 1.807) is 0 Å². The zero-order valence-electron chi connectivity index (χ0n) is 15.6. The summed E-state index contributed by atoms with van der Waals surface area (Å²) in [5, 5.41) is 0. The number of hydrogen-bond donors (Lipinski definition) is 0. The summed E-state index contributed by atoms with van der Waals surface area (Å²) in [6, 6.07) is 0. The molecule has 0 heterocycles. The van der Waals surface area contributed by atoms with Crippen LogP contribution in [0.4, 0.5) is 0 Å². The first kappa shape index (κ1) is 22.4. The van der Waals surface area contributed by atoms with E-state index in [1.165, 1.54) is 68.9 Å². The minimum atomic E-state index is -5.39. The summed E-state index contributed by atoms with van der Waals surface area (Å²) in [4.78, 5) is 25.6. The van der Waals surface area contributed by atoms with Crippen LogP contribution in [0, 0.1) is 0 Å². The van der Waals surface area contributed by atoms with Crippen molar-refractivity contribution in [1.82, 2.24) is 0 Å². The third-order valence-electron chi connectivity index (χ3n) is 3.23. The van der Waals surface area contributed by atoms with Crippen molar-refractivity contribution < 1.29 is 26.6 Å². The van der Waals surface area contributed by atoms with Gasteiger partial charge >= 0.3 is 2.85 Å². The smallest absolute Gasteiger partial charge is 0.822 e. The molecule has 124 valence electrons. The molecule has 0 aliphatic rings. The van der Waals surface area contributed by atoms with Crippen molar-refractivity contribution in [3.8, 4) is 0 Å². The van der Waals surface area contributed by atoms with Crippen LogP contribution < -0.4 is 14.7 Å². The maximum Gasteiger partial charge on any atom is 1.00 e. The van der Waals surface area contributed by atoms with Gasteiger partial charge < -0.3 is 23.7 Å². The van der Waals surface area contributed by atoms with Crippen LogP contribution >= 0.6 is 7.82 Å². The SMILES string of the molecule is CCCCCCC[N+](C)(C)CCCCC.O=P([O-])([O-])[O-].[H+].[H+]. The molecule has 0 N–H and O–H groups in total. The van der Waals surface area contributed by atoms with Crippen molar-refractivity contribution >= 4 is 7.82 Å². The molecule has 0 unspecified atom stereocenters. The average molecular weight is 311 g/mol. The van der Waals surface area contributed by atoms with Gasteiger partial charge in [-0.05, 0) is 25.7 Å². The summed E-state index contributed by atoms with van der Waals surface area (Å²) in [6.07, 6.45) is 11.2. The molecule has 0 aromatic rings. The van der Waals surface area contributed by atoms with Crippen LogP contribution in [0.1, 0.15) is 68.1 Å². The van der Waals surface area contributed by atoms with Gasteiger partial charge in [-0.2, -0.15) is 7.82 Å². The molecule has 0 amide bonds. The summed E-state index contributed by atoms with van der Waals surface area (Å²) in [5.41, 5.74) is 0. The molecule has 0 bridgehead atoms. The molecule has 5 nitrogen and oxygen atoms in total. The fourth-order valence-electron chi connectivity index (χ4n) is 2.05. The number of phosphoric acid groups is 1. The van der Waals surface area contributed by atoms with E-state index in [4.69, 9.17) is 19.2 Å². The van der Waals surface area contributed by atoms with Gasteiger partial charge in [-0.1, -0.05) is 39.5 Å². The predicted molar refractivity (Wildman–Crippen MR) is 80.0 cm³/mol. The van der Waals surface area contributed by atoms with Crippen LogP contribution in [0.5, 0.6) is 0 Å². The van der Waals surface area contributed by atoms with Crippen LogP contribution in [0.15, 0.2) is 0 Å². The van der Waals surface area contributed by atoms with E-state index in [9.17, 15) is 0 Å². The Bertz CT molecular complexity index is 255. The first-order valence-electron chi connectivity index (χ1n) is 7.67. The molecule has 0 aliphatic carbocycles. The number of unbranched alkanes of at least 4 members (excludes halogenated alkanes) is 6. The number of hydrogen-bond acceptors (Lipinski definition) is 4. The van der Waals surface area contributed by atoms with Gasteiger partial charge in [-0.3, -0.25) is 0 Å². The Balaban J connectivity index is -0.000000201. The van der Waals surface area contributed by atoms with Gasteiger partial charge in [-0.25, -0.2) is 0 Å². The van der Waals surface area contributed by atoms with Crippen LogP contribution in [-0.4, -0.2) is 31.7 Å². The second kappa shape index (κ2) is 12.8. The van der Waals surface area contributed by atoms with E-state index in [0.29, 0.717) is 0 Å². The van der Waals surface area contributed by atoms with Crippen molar-refractivity contribution in [3.05, 3.63) is 0 Å². The fourth-order valence-corrected chi connectivity index (χ4v) is 2.05. The summed E-state index contributed by atoms with van der Waals surface area (Å²) < 4.78 is 9.78. The molecule has 0 radical (unpaired) electrons. The van der Waals surface area contributed by atoms with Gasteiger partial charge in [0.15, 0.2) is 0 Å². The molecule has 0 aliphatic heterocycles. The Morgan fingerprint density at radius 1 is 0.800 bits per heavy atom. The Hall–Kier alpha value is 0.0700. The Kier molecular flexibility index (Phi) is 14.3. The minimum absolute atomic E-state index is 0. The molecule has 0 rings (SSSR count). The van der Waals surface area contributed by atoms with Gasteiger partial charge in [0.1, 0.15) is 0 Å². The van der Waals surface area contributed by atoms with E-state index >= 15 is 0 Å². The molecule has 6 heteroatoms. The second-order valence-corrected chi connectivity index (χ2v) is 6.85. The molecule has 0 atom stereocenters. The highest BCUT2D eigenvalue weighted by Crippen LogP contribution is 2.08. The normalized spacial score (nSPS) is 11.9. The third kappa shape index (κ3) is 26.6. The average Bonchev–Trinajstić information content (AvgIpc) is 2.26. The molecule has 0 saturated heterocycles. The molecule has 0 fully saturated rings. The molecule has 0 aromatic carbocycles. The highest BCUT2D eigenvalue weighted by Gasteiger charge is 2.12. The second-order valence-electron chi connectivity index (χ2n) is 5.95. The Labute approximate surface area is 127 Å². The molecular formula is C14H34NO4P. The van der Waals surface area contributed by atoms with E-state index in [1.807, 2.05) is 0 Å². The number of rotatable bonds is 10. The van der Waals surface area contributed by atoms with E-state index < -0.39 is 7.82 Å². The van der Waals surface area contributed by atoms with Crippen molar-refractivity contribution in [2.45, 2.75) is 65.2 Å². The quantitative estimate of drug-likeness (QED) is 0.348. The lowest BCUT2D eigenvalue weighted by molar-refractivity contribution is -0.890. The number of quaternary nitrogens is 1. The maximum atomic E-state index is 8.55.